The number of methoxy groups -OCH3 is 2. The Hall–Kier alpha value is -1.54. The minimum absolute atomic E-state index is 0.0405. The monoisotopic (exact) mass is 284 g/mol. The lowest BCUT2D eigenvalue weighted by Crippen LogP contribution is -2.46. The van der Waals surface area contributed by atoms with Crippen LogP contribution in [0.2, 0.25) is 0 Å². The summed E-state index contributed by atoms with van der Waals surface area (Å²) in [4.78, 5) is 0. The lowest BCUT2D eigenvalue weighted by molar-refractivity contribution is -0.0461. The van der Waals surface area contributed by atoms with E-state index in [-0.39, 0.29) is 11.0 Å². The number of rotatable bonds is 3. The van der Waals surface area contributed by atoms with Gasteiger partial charge >= 0.3 is 0 Å². The van der Waals surface area contributed by atoms with E-state index in [1.165, 1.54) is 16.7 Å². The molecule has 1 aromatic carbocycles. The molecule has 1 aromatic rings. The highest BCUT2D eigenvalue weighted by molar-refractivity contribution is 5.77. The molecule has 0 saturated carbocycles. The predicted octanol–water partition coefficient (Wildman–Crippen LogP) is 4.39. The predicted molar refractivity (Wildman–Crippen MR) is 86.5 cm³/mol. The quantitative estimate of drug-likeness (QED) is 0.766. The molecule has 0 spiro atoms. The fraction of sp³-hybridized carbons (Fsp3) is 0.474. The first-order valence-corrected chi connectivity index (χ1v) is 7.54. The smallest absolute Gasteiger partial charge is 0.119 e. The van der Waals surface area contributed by atoms with Gasteiger partial charge in [-0.3, -0.25) is 0 Å². The summed E-state index contributed by atoms with van der Waals surface area (Å²) in [6, 6.07) is 6.35. The number of ether oxygens (including phenoxy) is 2. The van der Waals surface area contributed by atoms with Crippen molar-refractivity contribution in [3.8, 4) is 5.75 Å². The van der Waals surface area contributed by atoms with Gasteiger partial charge in [-0.2, -0.15) is 0 Å². The molecule has 3 aliphatic rings. The van der Waals surface area contributed by atoms with E-state index in [1.807, 2.05) is 13.2 Å². The zero-order chi connectivity index (χ0) is 15.3. The van der Waals surface area contributed by atoms with Crippen LogP contribution in [0.25, 0.3) is 5.57 Å². The molecule has 3 atom stereocenters. The summed E-state index contributed by atoms with van der Waals surface area (Å²) in [6.45, 7) is 6.68. The second-order valence-corrected chi connectivity index (χ2v) is 6.76. The molecule has 0 radical (unpaired) electrons. The van der Waals surface area contributed by atoms with Gasteiger partial charge in [-0.15, -0.1) is 0 Å². The third kappa shape index (κ3) is 2.13. The van der Waals surface area contributed by atoms with Gasteiger partial charge in [0.2, 0.25) is 0 Å². The van der Waals surface area contributed by atoms with Crippen molar-refractivity contribution in [3.05, 3.63) is 47.6 Å². The van der Waals surface area contributed by atoms with Crippen molar-refractivity contribution in [2.45, 2.75) is 32.8 Å². The Kier molecular flexibility index (Phi) is 3.25. The SMILES string of the molecule is COc1ccc(C2=CC3C=CC2(C)CC3(C)OC)c(C)c1. The zero-order valence-electron chi connectivity index (χ0n) is 13.6. The highest BCUT2D eigenvalue weighted by atomic mass is 16.5. The first-order valence-electron chi connectivity index (χ1n) is 7.54. The summed E-state index contributed by atoms with van der Waals surface area (Å²) >= 11 is 0. The molecule has 2 heteroatoms. The second kappa shape index (κ2) is 4.74. The molecule has 0 aliphatic heterocycles. The number of allylic oxidation sites excluding steroid dienone is 2. The van der Waals surface area contributed by atoms with Crippen molar-refractivity contribution in [2.24, 2.45) is 11.3 Å². The first-order chi connectivity index (χ1) is 9.92. The van der Waals surface area contributed by atoms with Gasteiger partial charge in [0.25, 0.3) is 0 Å². The molecular formula is C19H24O2. The van der Waals surface area contributed by atoms with Gasteiger partial charge in [0.15, 0.2) is 0 Å². The molecule has 2 nitrogen and oxygen atoms in total. The fourth-order valence-electron chi connectivity index (χ4n) is 3.88. The van der Waals surface area contributed by atoms with E-state index < -0.39 is 0 Å². The minimum Gasteiger partial charge on any atom is -0.497 e. The standard InChI is InChI=1S/C19H24O2/c1-13-10-15(20-4)6-7-16(13)17-11-14-8-9-18(17,2)12-19(14,3)21-5/h6-11,14H,12H2,1-5H3. The summed E-state index contributed by atoms with van der Waals surface area (Å²) < 4.78 is 11.1. The van der Waals surface area contributed by atoms with Gasteiger partial charge < -0.3 is 9.47 Å². The Bertz CT molecular complexity index is 628. The Labute approximate surface area is 127 Å². The van der Waals surface area contributed by atoms with Crippen LogP contribution in [0.1, 0.15) is 31.4 Å². The Morgan fingerprint density at radius 1 is 1.19 bits per heavy atom. The molecule has 2 bridgehead atoms. The maximum absolute atomic E-state index is 5.81. The van der Waals surface area contributed by atoms with E-state index in [1.54, 1.807) is 7.11 Å². The van der Waals surface area contributed by atoms with E-state index in [2.05, 4.69) is 51.1 Å². The Morgan fingerprint density at radius 3 is 2.52 bits per heavy atom. The first kappa shape index (κ1) is 14.4. The van der Waals surface area contributed by atoms with E-state index in [4.69, 9.17) is 9.47 Å². The molecule has 0 aromatic heterocycles. The average molecular weight is 284 g/mol. The summed E-state index contributed by atoms with van der Waals surface area (Å²) in [6.07, 6.45) is 8.07. The van der Waals surface area contributed by atoms with Crippen LogP contribution >= 0.6 is 0 Å². The topological polar surface area (TPSA) is 18.5 Å². The van der Waals surface area contributed by atoms with Crippen LogP contribution in [0.3, 0.4) is 0 Å². The van der Waals surface area contributed by atoms with Crippen LogP contribution in [-0.2, 0) is 4.74 Å². The van der Waals surface area contributed by atoms with Crippen molar-refractivity contribution in [2.75, 3.05) is 14.2 Å². The summed E-state index contributed by atoms with van der Waals surface area (Å²) in [5.74, 6) is 1.26. The normalized spacial score (nSPS) is 34.0. The summed E-state index contributed by atoms with van der Waals surface area (Å²) in [7, 11) is 3.54. The number of hydrogen-bond acceptors (Lipinski definition) is 2. The van der Waals surface area contributed by atoms with E-state index in [0.29, 0.717) is 5.92 Å². The number of fused-ring (bicyclic) bond motifs is 1. The average Bonchev–Trinajstić information content (AvgIpc) is 2.47. The van der Waals surface area contributed by atoms with E-state index in [9.17, 15) is 0 Å². The number of hydrogen-bond donors (Lipinski definition) is 0. The molecule has 0 heterocycles. The zero-order valence-corrected chi connectivity index (χ0v) is 13.6. The molecule has 4 rings (SSSR count). The van der Waals surface area contributed by atoms with E-state index >= 15 is 0 Å². The summed E-state index contributed by atoms with van der Waals surface area (Å²) in [5, 5.41) is 0. The third-order valence-electron chi connectivity index (χ3n) is 5.25. The van der Waals surface area contributed by atoms with Crippen LogP contribution in [0.15, 0.2) is 36.4 Å². The highest BCUT2D eigenvalue weighted by Gasteiger charge is 2.48. The van der Waals surface area contributed by atoms with Crippen molar-refractivity contribution in [3.63, 3.8) is 0 Å². The molecule has 0 amide bonds. The molecule has 21 heavy (non-hydrogen) atoms. The van der Waals surface area contributed by atoms with Crippen molar-refractivity contribution >= 4 is 5.57 Å². The van der Waals surface area contributed by atoms with Crippen LogP contribution in [-0.4, -0.2) is 19.8 Å². The lowest BCUT2D eigenvalue weighted by Gasteiger charge is -2.50. The molecule has 0 saturated heterocycles. The van der Waals surface area contributed by atoms with Gasteiger partial charge in [0.1, 0.15) is 5.75 Å². The van der Waals surface area contributed by atoms with Crippen LogP contribution in [0.4, 0.5) is 0 Å². The Morgan fingerprint density at radius 2 is 1.95 bits per heavy atom. The minimum atomic E-state index is -0.0899. The second-order valence-electron chi connectivity index (χ2n) is 6.76. The van der Waals surface area contributed by atoms with Crippen molar-refractivity contribution in [1.82, 2.24) is 0 Å². The lowest BCUT2D eigenvalue weighted by atomic mass is 9.58. The molecular weight excluding hydrogens is 260 g/mol. The van der Waals surface area contributed by atoms with Gasteiger partial charge in [0.05, 0.1) is 12.7 Å². The van der Waals surface area contributed by atoms with Gasteiger partial charge in [-0.1, -0.05) is 31.2 Å². The Balaban J connectivity index is 2.07. The van der Waals surface area contributed by atoms with Gasteiger partial charge in [0, 0.05) is 18.4 Å². The van der Waals surface area contributed by atoms with Crippen LogP contribution in [0, 0.1) is 18.3 Å². The van der Waals surface area contributed by atoms with Crippen LogP contribution < -0.4 is 4.74 Å². The van der Waals surface area contributed by atoms with Crippen LogP contribution in [0.5, 0.6) is 5.75 Å². The molecule has 112 valence electrons. The molecule has 0 N–H and O–H groups in total. The number of aryl methyl sites for hydroxylation is 1. The fourth-order valence-corrected chi connectivity index (χ4v) is 3.88. The van der Waals surface area contributed by atoms with Crippen molar-refractivity contribution in [1.29, 1.82) is 0 Å². The molecule has 3 aliphatic carbocycles. The molecule has 0 fully saturated rings. The van der Waals surface area contributed by atoms with Crippen molar-refractivity contribution < 1.29 is 9.47 Å². The maximum Gasteiger partial charge on any atom is 0.119 e. The largest absolute Gasteiger partial charge is 0.497 e. The molecule has 3 unspecified atom stereocenters. The third-order valence-corrected chi connectivity index (χ3v) is 5.25. The van der Waals surface area contributed by atoms with E-state index in [0.717, 1.165) is 12.2 Å². The van der Waals surface area contributed by atoms with Gasteiger partial charge in [-0.05, 0) is 49.1 Å². The highest BCUT2D eigenvalue weighted by Crippen LogP contribution is 2.55. The summed E-state index contributed by atoms with van der Waals surface area (Å²) in [5.41, 5.74) is 3.96. The number of benzene rings is 1. The maximum atomic E-state index is 5.81. The van der Waals surface area contributed by atoms with Gasteiger partial charge in [-0.25, -0.2) is 0 Å².